The van der Waals surface area contributed by atoms with E-state index < -0.39 is 0 Å². The van der Waals surface area contributed by atoms with Gasteiger partial charge in [-0.1, -0.05) is 6.92 Å². The van der Waals surface area contributed by atoms with E-state index in [2.05, 4.69) is 4.98 Å². The molecule has 1 heterocycles. The van der Waals surface area contributed by atoms with Crippen molar-refractivity contribution in [3.63, 3.8) is 0 Å². The first-order chi connectivity index (χ1) is 9.13. The first-order valence-corrected chi connectivity index (χ1v) is 6.69. The van der Waals surface area contributed by atoms with Crippen molar-refractivity contribution < 1.29 is 9.53 Å². The van der Waals surface area contributed by atoms with E-state index in [1.165, 1.54) is 11.3 Å². The summed E-state index contributed by atoms with van der Waals surface area (Å²) in [5, 5.41) is 11.9. The molecule has 2 rings (SSSR count). The average Bonchev–Trinajstić information content (AvgIpc) is 2.85. The van der Waals surface area contributed by atoms with E-state index in [4.69, 9.17) is 10.00 Å². The number of hydrogen-bond donors (Lipinski definition) is 0. The van der Waals surface area contributed by atoms with Crippen LogP contribution in [-0.4, -0.2) is 11.0 Å². The van der Waals surface area contributed by atoms with Gasteiger partial charge >= 0.3 is 5.97 Å². The lowest BCUT2D eigenvalue weighted by atomic mass is 10.1. The van der Waals surface area contributed by atoms with Crippen LogP contribution in [0.4, 0.5) is 0 Å². The van der Waals surface area contributed by atoms with Gasteiger partial charge in [0.2, 0.25) is 0 Å². The highest BCUT2D eigenvalue weighted by atomic mass is 32.1. The Balaban J connectivity index is 2.36. The van der Waals surface area contributed by atoms with Gasteiger partial charge in [0.1, 0.15) is 16.8 Å². The number of aryl methyl sites for hydroxylation is 1. The van der Waals surface area contributed by atoms with Crippen LogP contribution in [0.3, 0.4) is 0 Å². The second kappa shape index (κ2) is 5.63. The molecule has 0 saturated heterocycles. The molecule has 5 heteroatoms. The Morgan fingerprint density at radius 2 is 2.32 bits per heavy atom. The Hall–Kier alpha value is -2.19. The molecule has 0 fully saturated rings. The Morgan fingerprint density at radius 3 is 2.89 bits per heavy atom. The summed E-state index contributed by atoms with van der Waals surface area (Å²) >= 11 is 1.52. The Morgan fingerprint density at radius 1 is 1.53 bits per heavy atom. The molecule has 0 aliphatic carbocycles. The van der Waals surface area contributed by atoms with Crippen LogP contribution in [0.2, 0.25) is 0 Å². The van der Waals surface area contributed by atoms with E-state index >= 15 is 0 Å². The zero-order valence-corrected chi connectivity index (χ0v) is 11.5. The largest absolute Gasteiger partial charge is 0.425 e. The molecule has 0 spiro atoms. The average molecular weight is 272 g/mol. The maximum absolute atomic E-state index is 11.3. The molecule has 0 atom stereocenters. The molecule has 0 bridgehead atoms. The van der Waals surface area contributed by atoms with Crippen LogP contribution in [0.25, 0.3) is 10.6 Å². The molecule has 0 aliphatic heterocycles. The van der Waals surface area contributed by atoms with Gasteiger partial charge in [-0.05, 0) is 25.1 Å². The van der Waals surface area contributed by atoms with E-state index in [1.54, 1.807) is 25.1 Å². The van der Waals surface area contributed by atoms with Crippen LogP contribution in [-0.2, 0) is 4.79 Å². The van der Waals surface area contributed by atoms with Crippen LogP contribution in [0, 0.1) is 18.3 Å². The number of esters is 1. The second-order valence-electron chi connectivity index (χ2n) is 3.94. The SMILES string of the molecule is CCC(=O)Oc1ccc(-c2nc(C)cs2)cc1C#N. The second-order valence-corrected chi connectivity index (χ2v) is 4.80. The van der Waals surface area contributed by atoms with Crippen LogP contribution < -0.4 is 4.74 Å². The highest BCUT2D eigenvalue weighted by Gasteiger charge is 2.11. The lowest BCUT2D eigenvalue weighted by molar-refractivity contribution is -0.134. The number of aromatic nitrogens is 1. The maximum atomic E-state index is 11.3. The molecule has 1 aromatic heterocycles. The summed E-state index contributed by atoms with van der Waals surface area (Å²) in [7, 11) is 0. The van der Waals surface area contributed by atoms with Crippen LogP contribution in [0.1, 0.15) is 24.6 Å². The fraction of sp³-hybridized carbons (Fsp3) is 0.214. The summed E-state index contributed by atoms with van der Waals surface area (Å²) in [5.74, 6) is -0.0549. The van der Waals surface area contributed by atoms with Crippen LogP contribution in [0.15, 0.2) is 23.6 Å². The maximum Gasteiger partial charge on any atom is 0.310 e. The molecule has 2 aromatic rings. The van der Waals surface area contributed by atoms with E-state index in [-0.39, 0.29) is 12.4 Å². The summed E-state index contributed by atoms with van der Waals surface area (Å²) in [4.78, 5) is 15.6. The number of thiazole rings is 1. The van der Waals surface area contributed by atoms with Crippen LogP contribution >= 0.6 is 11.3 Å². The highest BCUT2D eigenvalue weighted by Crippen LogP contribution is 2.28. The van der Waals surface area contributed by atoms with Crippen molar-refractivity contribution in [1.29, 1.82) is 5.26 Å². The van der Waals surface area contributed by atoms with Gasteiger partial charge < -0.3 is 4.74 Å². The van der Waals surface area contributed by atoms with Crippen LogP contribution in [0.5, 0.6) is 5.75 Å². The molecular weight excluding hydrogens is 260 g/mol. The van der Waals surface area contributed by atoms with Gasteiger partial charge in [0.05, 0.1) is 5.56 Å². The molecule has 0 unspecified atom stereocenters. The third-order valence-corrected chi connectivity index (χ3v) is 3.49. The molecule has 19 heavy (non-hydrogen) atoms. The summed E-state index contributed by atoms with van der Waals surface area (Å²) in [6, 6.07) is 7.17. The van der Waals surface area contributed by atoms with E-state index in [1.807, 2.05) is 18.4 Å². The van der Waals surface area contributed by atoms with E-state index in [9.17, 15) is 4.79 Å². The predicted octanol–water partition coefficient (Wildman–Crippen LogP) is 3.31. The summed E-state index contributed by atoms with van der Waals surface area (Å²) in [6.07, 6.45) is 0.276. The standard InChI is InChI=1S/C14H12N2O2S/c1-3-13(17)18-12-5-4-10(6-11(12)7-15)14-16-9(2)8-19-14/h4-6,8H,3H2,1-2H3. The monoisotopic (exact) mass is 272 g/mol. The minimum absolute atomic E-state index is 0.276. The third kappa shape index (κ3) is 2.98. The van der Waals surface area contributed by atoms with E-state index in [0.29, 0.717) is 11.3 Å². The minimum Gasteiger partial charge on any atom is -0.425 e. The minimum atomic E-state index is -0.352. The number of rotatable bonds is 3. The van der Waals surface area contributed by atoms with Crippen molar-refractivity contribution in [2.75, 3.05) is 0 Å². The molecule has 0 N–H and O–H groups in total. The van der Waals surface area contributed by atoms with Gasteiger partial charge in [-0.25, -0.2) is 4.98 Å². The lowest BCUT2D eigenvalue weighted by Gasteiger charge is -2.05. The van der Waals surface area contributed by atoms with Gasteiger partial charge in [-0.15, -0.1) is 11.3 Å². The molecule has 0 aliphatic rings. The van der Waals surface area contributed by atoms with Gasteiger partial charge in [-0.2, -0.15) is 5.26 Å². The fourth-order valence-electron chi connectivity index (χ4n) is 1.52. The number of benzene rings is 1. The molecular formula is C14H12N2O2S. The normalized spacial score (nSPS) is 9.95. The quantitative estimate of drug-likeness (QED) is 0.635. The van der Waals surface area contributed by atoms with Crippen molar-refractivity contribution >= 4 is 17.3 Å². The van der Waals surface area contributed by atoms with Gasteiger partial charge in [-0.3, -0.25) is 4.79 Å². The number of nitrogens with zero attached hydrogens (tertiary/aromatic N) is 2. The molecule has 0 radical (unpaired) electrons. The van der Waals surface area contributed by atoms with Gasteiger partial charge in [0.15, 0.2) is 0 Å². The van der Waals surface area contributed by atoms with E-state index in [0.717, 1.165) is 16.3 Å². The topological polar surface area (TPSA) is 63.0 Å². The predicted molar refractivity (Wildman–Crippen MR) is 72.9 cm³/mol. The number of carbonyl (C=O) groups is 1. The summed E-state index contributed by atoms with van der Waals surface area (Å²) < 4.78 is 5.10. The number of hydrogen-bond acceptors (Lipinski definition) is 5. The van der Waals surface area contributed by atoms with Crippen molar-refractivity contribution in [3.8, 4) is 22.4 Å². The molecule has 96 valence electrons. The van der Waals surface area contributed by atoms with Crippen molar-refractivity contribution in [1.82, 2.24) is 4.98 Å². The van der Waals surface area contributed by atoms with Crippen molar-refractivity contribution in [3.05, 3.63) is 34.8 Å². The van der Waals surface area contributed by atoms with Crippen molar-refractivity contribution in [2.45, 2.75) is 20.3 Å². The molecule has 0 amide bonds. The number of nitriles is 1. The Labute approximate surface area is 115 Å². The summed E-state index contributed by atoms with van der Waals surface area (Å²) in [6.45, 7) is 3.63. The Bertz CT molecular complexity index is 656. The molecule has 4 nitrogen and oxygen atoms in total. The number of carbonyl (C=O) groups excluding carboxylic acids is 1. The Kier molecular flexibility index (Phi) is 3.93. The lowest BCUT2D eigenvalue weighted by Crippen LogP contribution is -2.06. The summed E-state index contributed by atoms with van der Waals surface area (Å²) in [5.41, 5.74) is 2.14. The molecule has 1 aromatic carbocycles. The molecule has 0 saturated carbocycles. The fourth-order valence-corrected chi connectivity index (χ4v) is 2.32. The zero-order valence-electron chi connectivity index (χ0n) is 10.6. The van der Waals surface area contributed by atoms with Gasteiger partial charge in [0, 0.05) is 23.1 Å². The first-order valence-electron chi connectivity index (χ1n) is 5.81. The first kappa shape index (κ1) is 13.2. The zero-order chi connectivity index (χ0) is 13.8. The highest BCUT2D eigenvalue weighted by molar-refractivity contribution is 7.13. The van der Waals surface area contributed by atoms with Gasteiger partial charge in [0.25, 0.3) is 0 Å². The number of ether oxygens (including phenoxy) is 1. The van der Waals surface area contributed by atoms with Crippen molar-refractivity contribution in [2.24, 2.45) is 0 Å². The third-order valence-electron chi connectivity index (χ3n) is 2.48. The smallest absolute Gasteiger partial charge is 0.310 e.